The van der Waals surface area contributed by atoms with Crippen LogP contribution in [0.1, 0.15) is 40.5 Å². The largest absolute Gasteiger partial charge is 0.544 e. The minimum absolute atomic E-state index is 0.143. The lowest BCUT2D eigenvalue weighted by molar-refractivity contribution is -0.139. The molecular weight excluding hydrogens is 348 g/mol. The molecule has 122 valence electrons. The van der Waals surface area contributed by atoms with Crippen molar-refractivity contribution in [1.82, 2.24) is 0 Å². The van der Waals surface area contributed by atoms with Crippen LogP contribution < -0.4 is 0 Å². The van der Waals surface area contributed by atoms with E-state index in [2.05, 4.69) is 62.8 Å². The average Bonchev–Trinajstić information content (AvgIpc) is 2.36. The highest BCUT2D eigenvalue weighted by Crippen LogP contribution is 2.38. The lowest BCUT2D eigenvalue weighted by Crippen LogP contribution is -2.40. The van der Waals surface area contributed by atoms with Gasteiger partial charge in [0.05, 0.1) is 19.3 Å². The Hall–Kier alpha value is -0.553. The molecule has 0 N–H and O–H groups in total. The molecule has 0 aliphatic carbocycles. The summed E-state index contributed by atoms with van der Waals surface area (Å²) in [6, 6.07) is 0. The number of hydrogen-bond donors (Lipinski definition) is 0. The minimum atomic E-state index is -1.88. The Morgan fingerprint density at radius 1 is 1.29 bits per heavy atom. The number of halogens is 1. The molecule has 0 radical (unpaired) electrons. The zero-order valence-electron chi connectivity index (χ0n) is 14.4. The summed E-state index contributed by atoms with van der Waals surface area (Å²) in [5.74, 6) is 0.631. The van der Waals surface area contributed by atoms with Crippen LogP contribution >= 0.6 is 15.9 Å². The van der Waals surface area contributed by atoms with Crippen molar-refractivity contribution in [2.75, 3.05) is 12.4 Å². The van der Waals surface area contributed by atoms with E-state index in [1.807, 2.05) is 6.08 Å². The summed E-state index contributed by atoms with van der Waals surface area (Å²) in [4.78, 5) is 11.4. The molecule has 0 heterocycles. The number of esters is 1. The van der Waals surface area contributed by atoms with Crippen LogP contribution in [0.4, 0.5) is 0 Å². The maximum atomic E-state index is 11.4. The Labute approximate surface area is 139 Å². The number of hydrogen-bond acceptors (Lipinski definition) is 3. The van der Waals surface area contributed by atoms with Gasteiger partial charge in [-0.1, -0.05) is 43.6 Å². The Kier molecular flexibility index (Phi) is 8.55. The third-order valence-electron chi connectivity index (χ3n) is 3.70. The van der Waals surface area contributed by atoms with Gasteiger partial charge < -0.3 is 9.16 Å². The monoisotopic (exact) mass is 376 g/mol. The van der Waals surface area contributed by atoms with Crippen LogP contribution in [0.2, 0.25) is 18.1 Å². The Morgan fingerprint density at radius 2 is 1.86 bits per heavy atom. The van der Waals surface area contributed by atoms with Gasteiger partial charge >= 0.3 is 5.97 Å². The molecule has 0 aromatic rings. The fourth-order valence-corrected chi connectivity index (χ4v) is 2.77. The van der Waals surface area contributed by atoms with E-state index in [0.29, 0.717) is 5.33 Å². The van der Waals surface area contributed by atoms with Gasteiger partial charge in [0.2, 0.25) is 8.32 Å². The number of carbonyl (C=O) groups is 1. The molecule has 0 bridgehead atoms. The van der Waals surface area contributed by atoms with Crippen LogP contribution in [0.3, 0.4) is 0 Å². The predicted octanol–water partition coefficient (Wildman–Crippen LogP) is 5.19. The molecule has 0 aliphatic heterocycles. The molecule has 0 aromatic carbocycles. The van der Waals surface area contributed by atoms with E-state index in [9.17, 15) is 4.79 Å². The van der Waals surface area contributed by atoms with E-state index in [4.69, 9.17) is 9.16 Å². The Balaban J connectivity index is 5.24. The van der Waals surface area contributed by atoms with E-state index in [1.165, 1.54) is 7.11 Å². The van der Waals surface area contributed by atoms with Crippen molar-refractivity contribution < 1.29 is 14.0 Å². The van der Waals surface area contributed by atoms with Crippen molar-refractivity contribution in [3.05, 3.63) is 23.5 Å². The summed E-state index contributed by atoms with van der Waals surface area (Å²) in [5.41, 5.74) is 0.959. The first-order chi connectivity index (χ1) is 9.57. The topological polar surface area (TPSA) is 35.5 Å². The van der Waals surface area contributed by atoms with Gasteiger partial charge in [0.1, 0.15) is 0 Å². The standard InChI is InChI=1S/C16H29BrO3Si/c1-8-9-14(20-21(6,7)16(2,3)4)10-13(12-17)11-15(18)19-5/h9-10H,8,11-12H2,1-7H3/b13-10+,14-9+. The Bertz CT molecular complexity index is 406. The molecule has 0 rings (SSSR count). The van der Waals surface area contributed by atoms with Gasteiger partial charge in [-0.3, -0.25) is 4.79 Å². The van der Waals surface area contributed by atoms with E-state index in [0.717, 1.165) is 17.8 Å². The van der Waals surface area contributed by atoms with E-state index in [1.54, 1.807) is 0 Å². The maximum absolute atomic E-state index is 11.4. The number of carbonyl (C=O) groups excluding carboxylic acids is 1. The molecule has 0 saturated carbocycles. The molecular formula is C16H29BrO3Si. The molecule has 0 fully saturated rings. The first-order valence-electron chi connectivity index (χ1n) is 7.28. The summed E-state index contributed by atoms with van der Waals surface area (Å²) in [6.07, 6.45) is 5.22. The fourth-order valence-electron chi connectivity index (χ4n) is 1.37. The van der Waals surface area contributed by atoms with Crippen molar-refractivity contribution in [2.45, 2.75) is 58.7 Å². The zero-order valence-corrected chi connectivity index (χ0v) is 17.0. The maximum Gasteiger partial charge on any atom is 0.309 e. The van der Waals surface area contributed by atoms with Crippen molar-refractivity contribution >= 4 is 30.2 Å². The molecule has 0 saturated heterocycles. The number of allylic oxidation sites excluding steroid dienone is 2. The van der Waals surface area contributed by atoms with Crippen molar-refractivity contribution in [1.29, 1.82) is 0 Å². The normalized spacial score (nSPS) is 14.1. The lowest BCUT2D eigenvalue weighted by atomic mass is 10.2. The van der Waals surface area contributed by atoms with Gasteiger partial charge in [0.15, 0.2) is 0 Å². The van der Waals surface area contributed by atoms with Crippen LogP contribution in [0, 0.1) is 0 Å². The number of methoxy groups -OCH3 is 1. The zero-order chi connectivity index (χ0) is 16.7. The first-order valence-corrected chi connectivity index (χ1v) is 11.3. The van der Waals surface area contributed by atoms with Crippen LogP contribution in [-0.2, 0) is 14.0 Å². The van der Waals surface area contributed by atoms with Gasteiger partial charge in [-0.15, -0.1) is 0 Å². The second-order valence-electron chi connectivity index (χ2n) is 6.57. The van der Waals surface area contributed by atoms with Crippen LogP contribution in [0.15, 0.2) is 23.5 Å². The predicted molar refractivity (Wildman–Crippen MR) is 95.2 cm³/mol. The summed E-state index contributed by atoms with van der Waals surface area (Å²) in [6.45, 7) is 13.2. The highest BCUT2D eigenvalue weighted by molar-refractivity contribution is 9.09. The molecule has 0 amide bonds. The summed E-state index contributed by atoms with van der Waals surface area (Å²) in [7, 11) is -0.472. The van der Waals surface area contributed by atoms with Crippen molar-refractivity contribution in [2.24, 2.45) is 0 Å². The van der Waals surface area contributed by atoms with Crippen LogP contribution in [0.5, 0.6) is 0 Å². The van der Waals surface area contributed by atoms with Gasteiger partial charge in [0.25, 0.3) is 0 Å². The van der Waals surface area contributed by atoms with E-state index in [-0.39, 0.29) is 17.4 Å². The van der Waals surface area contributed by atoms with Crippen molar-refractivity contribution in [3.63, 3.8) is 0 Å². The van der Waals surface area contributed by atoms with E-state index >= 15 is 0 Å². The third kappa shape index (κ3) is 7.32. The SMILES string of the molecule is CC/C=C(\C=C(\CBr)CC(=O)OC)O[Si](C)(C)C(C)(C)C. The van der Waals surface area contributed by atoms with Crippen LogP contribution in [-0.4, -0.2) is 26.7 Å². The number of rotatable bonds is 7. The van der Waals surface area contributed by atoms with Crippen molar-refractivity contribution in [3.8, 4) is 0 Å². The molecule has 0 spiro atoms. The highest BCUT2D eigenvalue weighted by Gasteiger charge is 2.39. The molecule has 0 aliphatic rings. The summed E-state index contributed by atoms with van der Waals surface area (Å²) < 4.78 is 11.1. The summed E-state index contributed by atoms with van der Waals surface area (Å²) >= 11 is 3.42. The second kappa shape index (κ2) is 8.78. The van der Waals surface area contributed by atoms with Gasteiger partial charge in [-0.25, -0.2) is 0 Å². The summed E-state index contributed by atoms with van der Waals surface area (Å²) in [5, 5.41) is 0.772. The minimum Gasteiger partial charge on any atom is -0.544 e. The van der Waals surface area contributed by atoms with Gasteiger partial charge in [0, 0.05) is 5.33 Å². The Morgan fingerprint density at radius 3 is 2.24 bits per heavy atom. The molecule has 0 atom stereocenters. The molecule has 3 nitrogen and oxygen atoms in total. The average molecular weight is 377 g/mol. The smallest absolute Gasteiger partial charge is 0.309 e. The fraction of sp³-hybridized carbons (Fsp3) is 0.688. The molecule has 5 heteroatoms. The first kappa shape index (κ1) is 20.4. The molecule has 21 heavy (non-hydrogen) atoms. The molecule has 0 aromatic heterocycles. The lowest BCUT2D eigenvalue weighted by Gasteiger charge is -2.37. The van der Waals surface area contributed by atoms with Crippen LogP contribution in [0.25, 0.3) is 0 Å². The van der Waals surface area contributed by atoms with Gasteiger partial charge in [-0.2, -0.15) is 0 Å². The number of ether oxygens (including phenoxy) is 1. The van der Waals surface area contributed by atoms with E-state index < -0.39 is 8.32 Å². The van der Waals surface area contributed by atoms with Gasteiger partial charge in [-0.05, 0) is 42.3 Å². The third-order valence-corrected chi connectivity index (χ3v) is 8.78. The quantitative estimate of drug-likeness (QED) is 0.201. The highest BCUT2D eigenvalue weighted by atomic mass is 79.9. The second-order valence-corrected chi connectivity index (χ2v) is 11.9. The molecule has 0 unspecified atom stereocenters. The number of alkyl halides is 1.